The van der Waals surface area contributed by atoms with Crippen LogP contribution in [0.2, 0.25) is 0 Å². The summed E-state index contributed by atoms with van der Waals surface area (Å²) in [5.41, 5.74) is 0.337. The second-order valence-corrected chi connectivity index (χ2v) is 3.09. The molecule has 0 saturated carbocycles. The third-order valence-electron chi connectivity index (χ3n) is 1.93. The van der Waals surface area contributed by atoms with Gasteiger partial charge in [-0.05, 0) is 12.1 Å². The average molecular weight is 227 g/mol. The maximum absolute atomic E-state index is 10.7. The van der Waals surface area contributed by atoms with E-state index in [1.165, 1.54) is 18.6 Å². The van der Waals surface area contributed by atoms with Crippen molar-refractivity contribution in [3.8, 4) is 0 Å². The van der Waals surface area contributed by atoms with Gasteiger partial charge in [0.15, 0.2) is 0 Å². The minimum atomic E-state index is -0.302. The van der Waals surface area contributed by atoms with E-state index in [1.54, 1.807) is 18.3 Å². The Labute approximate surface area is 96.8 Å². The van der Waals surface area contributed by atoms with E-state index in [9.17, 15) is 4.79 Å². The van der Waals surface area contributed by atoms with E-state index in [4.69, 9.17) is 4.42 Å². The molecule has 0 aliphatic carbocycles. The molecule has 3 rings (SSSR count). The topological polar surface area (TPSA) is 68.9 Å². The number of hydrogen-bond donors (Lipinski definition) is 0. The van der Waals surface area contributed by atoms with Crippen LogP contribution in [0.25, 0.3) is 11.0 Å². The minimum absolute atomic E-state index is 0.302. The number of fused-ring (bicyclic) bond motifs is 1. The highest BCUT2D eigenvalue weighted by molar-refractivity contribution is 5.75. The molecule has 1 aromatic carbocycles. The summed E-state index contributed by atoms with van der Waals surface area (Å²) in [5.74, 6) is 0. The van der Waals surface area contributed by atoms with Crippen LogP contribution >= 0.6 is 0 Å². The summed E-state index contributed by atoms with van der Waals surface area (Å²) in [6.45, 7) is 0. The Bertz CT molecular complexity index is 611. The molecule has 17 heavy (non-hydrogen) atoms. The van der Waals surface area contributed by atoms with Crippen molar-refractivity contribution >= 4 is 11.0 Å². The second-order valence-electron chi connectivity index (χ2n) is 3.09. The molecule has 0 aliphatic heterocycles. The zero-order chi connectivity index (χ0) is 11.9. The standard InChI is InChI=1S/C9H6O2.C3H3N3/c10-9-6-5-7-3-1-2-4-8(7)11-9;1-2-5-6-3-4-1/h1-6H;1-3H. The normalized spacial score (nSPS) is 9.41. The maximum atomic E-state index is 10.7. The van der Waals surface area contributed by atoms with Gasteiger partial charge in [-0.1, -0.05) is 18.2 Å². The molecule has 0 fully saturated rings. The summed E-state index contributed by atoms with van der Waals surface area (Å²) >= 11 is 0. The molecule has 0 spiro atoms. The van der Waals surface area contributed by atoms with Gasteiger partial charge in [0.1, 0.15) is 11.9 Å². The Hall–Kier alpha value is -2.56. The Balaban J connectivity index is 0.000000153. The van der Waals surface area contributed by atoms with Crippen molar-refractivity contribution in [2.24, 2.45) is 0 Å². The molecule has 0 atom stereocenters. The van der Waals surface area contributed by atoms with Crippen molar-refractivity contribution in [2.75, 3.05) is 0 Å². The molecule has 0 saturated heterocycles. The Morgan fingerprint density at radius 2 is 1.82 bits per heavy atom. The van der Waals surface area contributed by atoms with Gasteiger partial charge in [0, 0.05) is 17.6 Å². The van der Waals surface area contributed by atoms with Gasteiger partial charge in [0.25, 0.3) is 0 Å². The maximum Gasteiger partial charge on any atom is 0.336 e. The lowest BCUT2D eigenvalue weighted by Gasteiger charge is -1.91. The first kappa shape index (κ1) is 10.9. The van der Waals surface area contributed by atoms with E-state index in [0.29, 0.717) is 5.58 Å². The quantitative estimate of drug-likeness (QED) is 0.546. The summed E-state index contributed by atoms with van der Waals surface area (Å²) in [7, 11) is 0. The molecule has 5 nitrogen and oxygen atoms in total. The van der Waals surface area contributed by atoms with E-state index in [2.05, 4.69) is 15.2 Å². The van der Waals surface area contributed by atoms with Crippen molar-refractivity contribution in [3.63, 3.8) is 0 Å². The molecular formula is C12H9N3O2. The van der Waals surface area contributed by atoms with Crippen molar-refractivity contribution in [1.29, 1.82) is 0 Å². The van der Waals surface area contributed by atoms with Gasteiger partial charge < -0.3 is 4.42 Å². The zero-order valence-electron chi connectivity index (χ0n) is 8.85. The van der Waals surface area contributed by atoms with Crippen LogP contribution in [-0.2, 0) is 0 Å². The summed E-state index contributed by atoms with van der Waals surface area (Å²) in [6.07, 6.45) is 4.49. The first-order valence-electron chi connectivity index (χ1n) is 4.92. The van der Waals surface area contributed by atoms with E-state index >= 15 is 0 Å². The lowest BCUT2D eigenvalue weighted by atomic mass is 10.2. The SMILES string of the molecule is O=c1ccc2ccccc2o1.c1cnncn1. The third kappa shape index (κ3) is 3.20. The molecule has 0 radical (unpaired) electrons. The molecule has 2 aromatic heterocycles. The van der Waals surface area contributed by atoms with Gasteiger partial charge in [0.05, 0.1) is 6.20 Å². The highest BCUT2D eigenvalue weighted by Gasteiger charge is 1.92. The monoisotopic (exact) mass is 227 g/mol. The van der Waals surface area contributed by atoms with Crippen LogP contribution in [0.1, 0.15) is 0 Å². The number of benzene rings is 1. The minimum Gasteiger partial charge on any atom is -0.423 e. The molecule has 0 bridgehead atoms. The van der Waals surface area contributed by atoms with E-state index in [0.717, 1.165) is 5.39 Å². The number of hydrogen-bond acceptors (Lipinski definition) is 5. The highest BCUT2D eigenvalue weighted by atomic mass is 16.4. The average Bonchev–Trinajstić information content (AvgIpc) is 2.41. The number of nitrogens with zero attached hydrogens (tertiary/aromatic N) is 3. The summed E-state index contributed by atoms with van der Waals surface area (Å²) in [4.78, 5) is 14.3. The molecule has 3 aromatic rings. The van der Waals surface area contributed by atoms with Gasteiger partial charge in [-0.15, -0.1) is 5.10 Å². The summed E-state index contributed by atoms with van der Waals surface area (Å²) < 4.78 is 4.91. The van der Waals surface area contributed by atoms with E-state index in [-0.39, 0.29) is 5.63 Å². The molecule has 0 unspecified atom stereocenters. The third-order valence-corrected chi connectivity index (χ3v) is 1.93. The fraction of sp³-hybridized carbons (Fsp3) is 0. The number of rotatable bonds is 0. The van der Waals surface area contributed by atoms with Crippen LogP contribution in [0.4, 0.5) is 0 Å². The van der Waals surface area contributed by atoms with Crippen molar-refractivity contribution < 1.29 is 4.42 Å². The smallest absolute Gasteiger partial charge is 0.336 e. The van der Waals surface area contributed by atoms with Gasteiger partial charge in [-0.25, -0.2) is 9.78 Å². The molecule has 0 aliphatic rings. The molecule has 0 amide bonds. The van der Waals surface area contributed by atoms with Crippen LogP contribution in [0.5, 0.6) is 0 Å². The van der Waals surface area contributed by atoms with Crippen LogP contribution in [0.15, 0.2) is 64.3 Å². The first-order chi connectivity index (χ1) is 8.36. The van der Waals surface area contributed by atoms with Crippen molar-refractivity contribution in [1.82, 2.24) is 15.2 Å². The van der Waals surface area contributed by atoms with Crippen LogP contribution in [-0.4, -0.2) is 15.2 Å². The molecule has 0 N–H and O–H groups in total. The van der Waals surface area contributed by atoms with Crippen molar-refractivity contribution in [2.45, 2.75) is 0 Å². The zero-order valence-corrected chi connectivity index (χ0v) is 8.85. The Morgan fingerprint density at radius 1 is 0.941 bits per heavy atom. The highest BCUT2D eigenvalue weighted by Crippen LogP contribution is 2.08. The fourth-order valence-corrected chi connectivity index (χ4v) is 1.22. The Kier molecular flexibility index (Phi) is 3.54. The molecule has 2 heterocycles. The fourth-order valence-electron chi connectivity index (χ4n) is 1.22. The number of aromatic nitrogens is 3. The lowest BCUT2D eigenvalue weighted by molar-refractivity contribution is 0.561. The molecule has 5 heteroatoms. The van der Waals surface area contributed by atoms with Gasteiger partial charge >= 0.3 is 5.63 Å². The van der Waals surface area contributed by atoms with Gasteiger partial charge in [-0.3, -0.25) is 0 Å². The van der Waals surface area contributed by atoms with E-state index < -0.39 is 0 Å². The molecular weight excluding hydrogens is 218 g/mol. The predicted molar refractivity (Wildman–Crippen MR) is 62.3 cm³/mol. The van der Waals surface area contributed by atoms with Gasteiger partial charge in [-0.2, -0.15) is 5.10 Å². The first-order valence-corrected chi connectivity index (χ1v) is 4.92. The summed E-state index contributed by atoms with van der Waals surface area (Å²) in [6, 6.07) is 10.6. The number of para-hydroxylation sites is 1. The molecule has 84 valence electrons. The lowest BCUT2D eigenvalue weighted by Crippen LogP contribution is -1.93. The summed E-state index contributed by atoms with van der Waals surface area (Å²) in [5, 5.41) is 7.85. The van der Waals surface area contributed by atoms with Crippen LogP contribution in [0, 0.1) is 0 Å². The second kappa shape index (κ2) is 5.50. The predicted octanol–water partition coefficient (Wildman–Crippen LogP) is 1.66. The largest absolute Gasteiger partial charge is 0.423 e. The van der Waals surface area contributed by atoms with Crippen molar-refractivity contribution in [3.05, 3.63) is 65.5 Å². The Morgan fingerprint density at radius 3 is 2.47 bits per heavy atom. The van der Waals surface area contributed by atoms with Gasteiger partial charge in [0.2, 0.25) is 0 Å². The van der Waals surface area contributed by atoms with Crippen LogP contribution in [0.3, 0.4) is 0 Å². The van der Waals surface area contributed by atoms with Crippen LogP contribution < -0.4 is 5.63 Å². The van der Waals surface area contributed by atoms with E-state index in [1.807, 2.05) is 18.2 Å².